The second kappa shape index (κ2) is 3.17. The molecule has 0 saturated heterocycles. The molecule has 2 N–H and O–H groups in total. The zero-order valence-corrected chi connectivity index (χ0v) is 5.78. The molecule has 0 amide bonds. The Bertz CT molecular complexity index is 186. The van der Waals surface area contributed by atoms with Crippen LogP contribution in [0.5, 0.6) is 0 Å². The van der Waals surface area contributed by atoms with Crippen LogP contribution in [0.1, 0.15) is 6.92 Å². The van der Waals surface area contributed by atoms with Crippen molar-refractivity contribution in [2.45, 2.75) is 13.2 Å². The fraction of sp³-hybridized carbons (Fsp3) is 0.286. The molecule has 0 aromatic carbocycles. The van der Waals surface area contributed by atoms with E-state index in [-0.39, 0.29) is 0 Å². The third-order valence-corrected chi connectivity index (χ3v) is 1.02. The Morgan fingerprint density at radius 1 is 1.60 bits per heavy atom. The number of aliphatic hydroxyl groups is 1. The lowest BCUT2D eigenvalue weighted by Gasteiger charge is -2.06. The molecule has 0 aliphatic carbocycles. The van der Waals surface area contributed by atoms with E-state index >= 15 is 0 Å². The largest absolute Gasteiger partial charge is 0.374 e. The molecule has 0 saturated carbocycles. The number of aliphatic hydroxyl groups excluding tert-OH is 1. The normalized spacial score (nSPS) is 12.6. The van der Waals surface area contributed by atoms with Crippen molar-refractivity contribution < 1.29 is 5.11 Å². The molecule has 0 aliphatic rings. The van der Waals surface area contributed by atoms with Crippen molar-refractivity contribution in [3.63, 3.8) is 0 Å². The van der Waals surface area contributed by atoms with Crippen molar-refractivity contribution in [2.75, 3.05) is 5.32 Å². The smallest absolute Gasteiger partial charge is 0.127 e. The van der Waals surface area contributed by atoms with Gasteiger partial charge in [-0.1, -0.05) is 6.07 Å². The first-order valence-corrected chi connectivity index (χ1v) is 3.14. The van der Waals surface area contributed by atoms with Gasteiger partial charge in [0.2, 0.25) is 0 Å². The van der Waals surface area contributed by atoms with Gasteiger partial charge in [0.1, 0.15) is 12.0 Å². The first-order valence-electron chi connectivity index (χ1n) is 3.14. The molecule has 10 heavy (non-hydrogen) atoms. The number of nitrogens with zero attached hydrogens (tertiary/aromatic N) is 1. The highest BCUT2D eigenvalue weighted by atomic mass is 16.3. The second-order valence-electron chi connectivity index (χ2n) is 2.04. The fourth-order valence-electron chi connectivity index (χ4n) is 0.662. The molecule has 1 atom stereocenters. The maximum atomic E-state index is 8.85. The molecule has 1 unspecified atom stereocenters. The fourth-order valence-corrected chi connectivity index (χ4v) is 0.662. The van der Waals surface area contributed by atoms with Crippen molar-refractivity contribution in [1.29, 1.82) is 0 Å². The van der Waals surface area contributed by atoms with Gasteiger partial charge in [-0.05, 0) is 19.1 Å². The highest BCUT2D eigenvalue weighted by Crippen LogP contribution is 1.99. The average Bonchev–Trinajstić information content (AvgIpc) is 1.88. The van der Waals surface area contributed by atoms with Crippen LogP contribution >= 0.6 is 0 Å². The monoisotopic (exact) mass is 138 g/mol. The summed E-state index contributed by atoms with van der Waals surface area (Å²) in [5.41, 5.74) is 0. The van der Waals surface area contributed by atoms with Gasteiger partial charge in [0.05, 0.1) is 0 Å². The lowest BCUT2D eigenvalue weighted by molar-refractivity contribution is 0.224. The van der Waals surface area contributed by atoms with E-state index < -0.39 is 6.23 Å². The Labute approximate surface area is 59.7 Å². The highest BCUT2D eigenvalue weighted by molar-refractivity contribution is 5.33. The Morgan fingerprint density at radius 2 is 2.40 bits per heavy atom. The van der Waals surface area contributed by atoms with Gasteiger partial charge in [0.15, 0.2) is 0 Å². The summed E-state index contributed by atoms with van der Waals surface area (Å²) in [5.74, 6) is 0.692. The van der Waals surface area contributed by atoms with Crippen LogP contribution < -0.4 is 5.32 Å². The zero-order valence-electron chi connectivity index (χ0n) is 5.78. The SMILES string of the molecule is CC(O)Nc1ccccn1. The van der Waals surface area contributed by atoms with Gasteiger partial charge in [0, 0.05) is 6.20 Å². The Hall–Kier alpha value is -1.09. The first kappa shape index (κ1) is 7.02. The molecule has 54 valence electrons. The quantitative estimate of drug-likeness (QED) is 0.595. The molecule has 0 bridgehead atoms. The number of pyridine rings is 1. The summed E-state index contributed by atoms with van der Waals surface area (Å²) in [5, 5.41) is 11.6. The van der Waals surface area contributed by atoms with Crippen LogP contribution in [0.15, 0.2) is 24.4 Å². The van der Waals surface area contributed by atoms with Crippen LogP contribution in [0.2, 0.25) is 0 Å². The number of rotatable bonds is 2. The van der Waals surface area contributed by atoms with E-state index in [0.29, 0.717) is 5.82 Å². The Kier molecular flexibility index (Phi) is 2.23. The number of anilines is 1. The lowest BCUT2D eigenvalue weighted by Crippen LogP contribution is -2.13. The molecule has 0 aliphatic heterocycles. The topological polar surface area (TPSA) is 45.1 Å². The number of aromatic nitrogens is 1. The maximum absolute atomic E-state index is 8.85. The Morgan fingerprint density at radius 3 is 2.90 bits per heavy atom. The molecule has 0 fully saturated rings. The molecule has 1 aromatic heterocycles. The Balaban J connectivity index is 2.59. The van der Waals surface area contributed by atoms with Crippen molar-refractivity contribution in [2.24, 2.45) is 0 Å². The molecule has 0 spiro atoms. The second-order valence-corrected chi connectivity index (χ2v) is 2.04. The summed E-state index contributed by atoms with van der Waals surface area (Å²) < 4.78 is 0. The minimum atomic E-state index is -0.546. The van der Waals surface area contributed by atoms with Gasteiger partial charge in [0.25, 0.3) is 0 Å². The number of hydrogen-bond donors (Lipinski definition) is 2. The summed E-state index contributed by atoms with van der Waals surface area (Å²) >= 11 is 0. The van der Waals surface area contributed by atoms with Gasteiger partial charge in [-0.3, -0.25) is 0 Å². The van der Waals surface area contributed by atoms with E-state index in [1.165, 1.54) is 0 Å². The van der Waals surface area contributed by atoms with E-state index in [9.17, 15) is 0 Å². The van der Waals surface area contributed by atoms with Gasteiger partial charge in [-0.2, -0.15) is 0 Å². The summed E-state index contributed by atoms with van der Waals surface area (Å²) in [6.07, 6.45) is 1.12. The predicted molar refractivity (Wildman–Crippen MR) is 39.5 cm³/mol. The van der Waals surface area contributed by atoms with E-state index in [2.05, 4.69) is 10.3 Å². The summed E-state index contributed by atoms with van der Waals surface area (Å²) in [4.78, 5) is 3.95. The molecule has 1 rings (SSSR count). The van der Waals surface area contributed by atoms with Gasteiger partial charge >= 0.3 is 0 Å². The minimum absolute atomic E-state index is 0.546. The minimum Gasteiger partial charge on any atom is -0.374 e. The van der Waals surface area contributed by atoms with Crippen LogP contribution in [-0.2, 0) is 0 Å². The third-order valence-electron chi connectivity index (χ3n) is 1.02. The van der Waals surface area contributed by atoms with Crippen LogP contribution in [0.4, 0.5) is 5.82 Å². The van der Waals surface area contributed by atoms with Crippen LogP contribution in [0.25, 0.3) is 0 Å². The van der Waals surface area contributed by atoms with Crippen molar-refractivity contribution in [1.82, 2.24) is 4.98 Å². The summed E-state index contributed by atoms with van der Waals surface area (Å²) in [6, 6.07) is 5.48. The lowest BCUT2D eigenvalue weighted by atomic mass is 10.4. The van der Waals surface area contributed by atoms with Gasteiger partial charge in [-0.15, -0.1) is 0 Å². The van der Waals surface area contributed by atoms with Crippen molar-refractivity contribution in [3.05, 3.63) is 24.4 Å². The molecule has 3 nitrogen and oxygen atoms in total. The predicted octanol–water partition coefficient (Wildman–Crippen LogP) is 0.832. The van der Waals surface area contributed by atoms with Crippen LogP contribution in [0.3, 0.4) is 0 Å². The van der Waals surface area contributed by atoms with Crippen LogP contribution in [0, 0.1) is 0 Å². The highest BCUT2D eigenvalue weighted by Gasteiger charge is 1.93. The summed E-state index contributed by atoms with van der Waals surface area (Å²) in [7, 11) is 0. The molecular weight excluding hydrogens is 128 g/mol. The van der Waals surface area contributed by atoms with E-state index in [1.54, 1.807) is 19.2 Å². The van der Waals surface area contributed by atoms with Gasteiger partial charge < -0.3 is 10.4 Å². The van der Waals surface area contributed by atoms with Gasteiger partial charge in [-0.25, -0.2) is 4.98 Å². The summed E-state index contributed by atoms with van der Waals surface area (Å²) in [6.45, 7) is 1.65. The standard InChI is InChI=1S/C7H10N2O/c1-6(10)9-7-4-2-3-5-8-7/h2-6,10H,1H3,(H,8,9). The molecule has 1 aromatic rings. The molecule has 0 radical (unpaired) electrons. The molecule has 1 heterocycles. The maximum Gasteiger partial charge on any atom is 0.127 e. The number of nitrogens with one attached hydrogen (secondary N) is 1. The first-order chi connectivity index (χ1) is 4.79. The van der Waals surface area contributed by atoms with Crippen LogP contribution in [-0.4, -0.2) is 16.3 Å². The van der Waals surface area contributed by atoms with Crippen molar-refractivity contribution >= 4 is 5.82 Å². The zero-order chi connectivity index (χ0) is 7.40. The number of hydrogen-bond acceptors (Lipinski definition) is 3. The van der Waals surface area contributed by atoms with Crippen molar-refractivity contribution in [3.8, 4) is 0 Å². The van der Waals surface area contributed by atoms with E-state index in [0.717, 1.165) is 0 Å². The third kappa shape index (κ3) is 2.03. The van der Waals surface area contributed by atoms with E-state index in [4.69, 9.17) is 5.11 Å². The van der Waals surface area contributed by atoms with E-state index in [1.807, 2.05) is 12.1 Å². The molecule has 3 heteroatoms. The average molecular weight is 138 g/mol. The molecular formula is C7H10N2O.